The maximum Gasteiger partial charge on any atom is 0.246 e. The van der Waals surface area contributed by atoms with E-state index < -0.39 is 6.04 Å². The largest absolute Gasteiger partial charge is 0.394 e. The molecule has 0 unspecified atom stereocenters. The number of amides is 1. The lowest BCUT2D eigenvalue weighted by atomic mass is 9.98. The molecule has 2 aromatic rings. The maximum atomic E-state index is 12.3. The van der Waals surface area contributed by atoms with Crippen molar-refractivity contribution < 1.29 is 9.90 Å². The average Bonchev–Trinajstić information content (AvgIpc) is 3.04. The first-order valence-corrected chi connectivity index (χ1v) is 8.03. The summed E-state index contributed by atoms with van der Waals surface area (Å²) in [6.07, 6.45) is 2.80. The Labute approximate surface area is 136 Å². The number of aryl methyl sites for hydroxylation is 2. The molecule has 0 aromatic heterocycles. The molecular formula is C19H22N2O2. The van der Waals surface area contributed by atoms with Crippen LogP contribution in [0.5, 0.6) is 0 Å². The zero-order valence-corrected chi connectivity index (χ0v) is 13.1. The molecule has 1 heterocycles. The van der Waals surface area contributed by atoms with E-state index in [-0.39, 0.29) is 12.5 Å². The number of benzene rings is 2. The molecule has 2 aromatic carbocycles. The highest BCUT2D eigenvalue weighted by Gasteiger charge is 2.29. The van der Waals surface area contributed by atoms with Crippen molar-refractivity contribution in [1.82, 2.24) is 0 Å². The van der Waals surface area contributed by atoms with Crippen molar-refractivity contribution in [3.63, 3.8) is 0 Å². The van der Waals surface area contributed by atoms with Crippen LogP contribution in [0.25, 0.3) is 0 Å². The normalized spacial score (nSPS) is 14.6. The van der Waals surface area contributed by atoms with Crippen molar-refractivity contribution >= 4 is 11.6 Å². The van der Waals surface area contributed by atoms with Gasteiger partial charge in [-0.2, -0.15) is 0 Å². The molecule has 23 heavy (non-hydrogen) atoms. The lowest BCUT2D eigenvalue weighted by Gasteiger charge is -2.20. The summed E-state index contributed by atoms with van der Waals surface area (Å²) in [6.45, 7) is 0.322. The molecular weight excluding hydrogens is 288 g/mol. The van der Waals surface area contributed by atoms with Crippen molar-refractivity contribution in [2.24, 2.45) is 5.73 Å². The molecule has 4 nitrogen and oxygen atoms in total. The molecule has 0 bridgehead atoms. The van der Waals surface area contributed by atoms with Crippen LogP contribution >= 0.6 is 0 Å². The second kappa shape index (κ2) is 6.94. The van der Waals surface area contributed by atoms with E-state index in [0.29, 0.717) is 6.54 Å². The van der Waals surface area contributed by atoms with E-state index in [1.54, 1.807) is 4.90 Å². The molecule has 3 rings (SSSR count). The number of carbonyl (C=O) groups excluding carboxylic acids is 1. The summed E-state index contributed by atoms with van der Waals surface area (Å²) in [6, 6.07) is 15.7. The summed E-state index contributed by atoms with van der Waals surface area (Å²) in [5, 5.41) is 9.11. The Balaban J connectivity index is 1.78. The fraction of sp³-hybridized carbons (Fsp3) is 0.316. The first-order chi connectivity index (χ1) is 11.2. The van der Waals surface area contributed by atoms with E-state index in [2.05, 4.69) is 30.3 Å². The summed E-state index contributed by atoms with van der Waals surface area (Å²) >= 11 is 0. The van der Waals surface area contributed by atoms with E-state index in [1.165, 1.54) is 16.7 Å². The van der Waals surface area contributed by atoms with Crippen LogP contribution in [-0.2, 0) is 24.1 Å². The fourth-order valence-electron chi connectivity index (χ4n) is 3.17. The van der Waals surface area contributed by atoms with Gasteiger partial charge in [0.1, 0.15) is 6.04 Å². The highest BCUT2D eigenvalue weighted by molar-refractivity contribution is 5.99. The number of rotatable bonds is 5. The first kappa shape index (κ1) is 15.7. The van der Waals surface area contributed by atoms with Gasteiger partial charge in [-0.25, -0.2) is 0 Å². The topological polar surface area (TPSA) is 66.6 Å². The van der Waals surface area contributed by atoms with Crippen molar-refractivity contribution in [1.29, 1.82) is 0 Å². The van der Waals surface area contributed by atoms with Crippen molar-refractivity contribution in [2.45, 2.75) is 25.3 Å². The number of hydrogen-bond donors (Lipinski definition) is 2. The molecule has 120 valence electrons. The van der Waals surface area contributed by atoms with Crippen molar-refractivity contribution in [3.8, 4) is 0 Å². The number of aliphatic hydroxyl groups is 1. The highest BCUT2D eigenvalue weighted by atomic mass is 16.3. The summed E-state index contributed by atoms with van der Waals surface area (Å²) < 4.78 is 0. The second-order valence-electron chi connectivity index (χ2n) is 5.93. The smallest absolute Gasteiger partial charge is 0.246 e. The van der Waals surface area contributed by atoms with Gasteiger partial charge in [0.15, 0.2) is 0 Å². The minimum Gasteiger partial charge on any atom is -0.394 e. The van der Waals surface area contributed by atoms with Crippen molar-refractivity contribution in [2.75, 3.05) is 18.1 Å². The van der Waals surface area contributed by atoms with Crippen LogP contribution in [0.15, 0.2) is 48.5 Å². The monoisotopic (exact) mass is 310 g/mol. The summed E-state index contributed by atoms with van der Waals surface area (Å²) in [5.74, 6) is -0.202. The summed E-state index contributed by atoms with van der Waals surface area (Å²) in [4.78, 5) is 14.0. The molecule has 4 heteroatoms. The van der Waals surface area contributed by atoms with Crippen LogP contribution in [0.4, 0.5) is 5.69 Å². The molecule has 3 N–H and O–H groups in total. The minimum absolute atomic E-state index is 0.202. The predicted molar refractivity (Wildman–Crippen MR) is 91.4 cm³/mol. The number of nitrogens with two attached hydrogens (primary N) is 1. The van der Waals surface area contributed by atoms with Gasteiger partial charge >= 0.3 is 0 Å². The van der Waals surface area contributed by atoms with E-state index in [0.717, 1.165) is 24.9 Å². The van der Waals surface area contributed by atoms with Gasteiger partial charge in [-0.05, 0) is 42.0 Å². The van der Waals surface area contributed by atoms with Gasteiger partial charge in [-0.15, -0.1) is 0 Å². The third-order valence-corrected chi connectivity index (χ3v) is 4.43. The molecule has 1 atom stereocenters. The van der Waals surface area contributed by atoms with E-state index >= 15 is 0 Å². The maximum absolute atomic E-state index is 12.3. The van der Waals surface area contributed by atoms with Gasteiger partial charge in [0.05, 0.1) is 6.61 Å². The van der Waals surface area contributed by atoms with Crippen LogP contribution < -0.4 is 10.6 Å². The predicted octanol–water partition coefficient (Wildman–Crippen LogP) is 1.68. The molecule has 1 amide bonds. The quantitative estimate of drug-likeness (QED) is 0.883. The molecule has 1 aliphatic rings. The number of carbonyl (C=O) groups is 1. The van der Waals surface area contributed by atoms with Crippen LogP contribution in [0.1, 0.15) is 16.7 Å². The molecule has 1 aliphatic heterocycles. The van der Waals surface area contributed by atoms with Gasteiger partial charge in [-0.1, -0.05) is 42.5 Å². The van der Waals surface area contributed by atoms with Gasteiger partial charge in [0.2, 0.25) is 5.91 Å². The fourth-order valence-corrected chi connectivity index (χ4v) is 3.17. The number of fused-ring (bicyclic) bond motifs is 1. The van der Waals surface area contributed by atoms with Crippen LogP contribution in [-0.4, -0.2) is 30.2 Å². The number of hydrogen-bond acceptors (Lipinski definition) is 3. The minimum atomic E-state index is -0.839. The molecule has 0 spiro atoms. The number of nitrogens with zero attached hydrogens (tertiary/aromatic N) is 1. The Morgan fingerprint density at radius 2 is 1.91 bits per heavy atom. The van der Waals surface area contributed by atoms with Crippen LogP contribution in [0.2, 0.25) is 0 Å². The van der Waals surface area contributed by atoms with Gasteiger partial charge < -0.3 is 15.7 Å². The first-order valence-electron chi connectivity index (χ1n) is 8.03. The molecule has 0 saturated carbocycles. The zero-order valence-electron chi connectivity index (χ0n) is 13.1. The molecule has 0 fully saturated rings. The standard InChI is InChI=1S/C19H22N2O2/c20-17(13-22)19(23)21-12-11-16-15(7-4-8-18(16)21)10-9-14-5-2-1-3-6-14/h1-8,17,22H,9-13,20H2/t17-/m1/s1. The molecule has 0 radical (unpaired) electrons. The summed E-state index contributed by atoms with van der Waals surface area (Å²) in [5.41, 5.74) is 10.5. The van der Waals surface area contributed by atoms with Crippen LogP contribution in [0, 0.1) is 0 Å². The Kier molecular flexibility index (Phi) is 4.74. The SMILES string of the molecule is N[C@H](CO)C(=O)N1CCc2c(CCc3ccccc3)cccc21. The lowest BCUT2D eigenvalue weighted by Crippen LogP contribution is -2.45. The Hall–Kier alpha value is -2.17. The van der Waals surface area contributed by atoms with Crippen molar-refractivity contribution in [3.05, 3.63) is 65.2 Å². The second-order valence-corrected chi connectivity index (χ2v) is 5.93. The van der Waals surface area contributed by atoms with E-state index in [9.17, 15) is 4.79 Å². The third-order valence-electron chi connectivity index (χ3n) is 4.43. The lowest BCUT2D eigenvalue weighted by molar-refractivity contribution is -0.120. The Bertz CT molecular complexity index is 685. The average molecular weight is 310 g/mol. The Morgan fingerprint density at radius 3 is 2.65 bits per heavy atom. The van der Waals surface area contributed by atoms with Gasteiger partial charge in [-0.3, -0.25) is 4.79 Å². The third kappa shape index (κ3) is 3.28. The van der Waals surface area contributed by atoms with E-state index in [4.69, 9.17) is 10.8 Å². The number of anilines is 1. The summed E-state index contributed by atoms with van der Waals surface area (Å²) in [7, 11) is 0. The number of aliphatic hydroxyl groups excluding tert-OH is 1. The molecule has 0 aliphatic carbocycles. The van der Waals surface area contributed by atoms with Crippen LogP contribution in [0.3, 0.4) is 0 Å². The van der Waals surface area contributed by atoms with E-state index in [1.807, 2.05) is 18.2 Å². The zero-order chi connectivity index (χ0) is 16.2. The highest BCUT2D eigenvalue weighted by Crippen LogP contribution is 2.31. The molecule has 0 saturated heterocycles. The van der Waals surface area contributed by atoms with Gasteiger partial charge in [0, 0.05) is 12.2 Å². The van der Waals surface area contributed by atoms with Gasteiger partial charge in [0.25, 0.3) is 0 Å². The Morgan fingerprint density at radius 1 is 1.13 bits per heavy atom.